The Labute approximate surface area is 120 Å². The lowest BCUT2D eigenvalue weighted by Gasteiger charge is -2.14. The van der Waals surface area contributed by atoms with E-state index in [0.29, 0.717) is 0 Å². The molecule has 0 spiro atoms. The van der Waals surface area contributed by atoms with E-state index in [4.69, 9.17) is 0 Å². The Bertz CT molecular complexity index is 606. The molecule has 1 atom stereocenters. The normalized spacial score (nSPS) is 12.0. The van der Waals surface area contributed by atoms with E-state index in [9.17, 15) is 13.6 Å². The summed E-state index contributed by atoms with van der Waals surface area (Å²) in [5, 5.41) is 2.77. The third kappa shape index (κ3) is 4.24. The number of hydrogen-bond acceptors (Lipinski definition) is 3. The van der Waals surface area contributed by atoms with Crippen LogP contribution in [-0.4, -0.2) is 17.5 Å². The Balaban J connectivity index is 2.06. The molecule has 1 amide bonds. The molecule has 1 heterocycles. The van der Waals surface area contributed by atoms with Crippen LogP contribution in [0.4, 0.5) is 8.78 Å². The number of amides is 1. The Hall–Kier alpha value is -2.50. The zero-order valence-electron chi connectivity index (χ0n) is 11.3. The summed E-state index contributed by atoms with van der Waals surface area (Å²) >= 11 is 0. The van der Waals surface area contributed by atoms with Crippen LogP contribution in [0.2, 0.25) is 0 Å². The summed E-state index contributed by atoms with van der Waals surface area (Å²) in [4.78, 5) is 16.1. The third-order valence-corrected chi connectivity index (χ3v) is 2.85. The lowest BCUT2D eigenvalue weighted by Crippen LogP contribution is -2.26. The molecule has 6 heteroatoms. The van der Waals surface area contributed by atoms with Gasteiger partial charge >= 0.3 is 6.61 Å². The highest BCUT2D eigenvalue weighted by molar-refractivity contribution is 5.94. The highest BCUT2D eigenvalue weighted by atomic mass is 19.3. The van der Waals surface area contributed by atoms with Gasteiger partial charge in [0.1, 0.15) is 5.75 Å². The first-order chi connectivity index (χ1) is 10.1. The van der Waals surface area contributed by atoms with E-state index in [0.717, 1.165) is 5.56 Å². The molecule has 1 aromatic heterocycles. The summed E-state index contributed by atoms with van der Waals surface area (Å²) in [7, 11) is 0. The number of aromatic nitrogens is 1. The van der Waals surface area contributed by atoms with Gasteiger partial charge in [-0.3, -0.25) is 9.78 Å². The summed E-state index contributed by atoms with van der Waals surface area (Å²) in [6.07, 6.45) is 3.30. The second kappa shape index (κ2) is 6.78. The first-order valence-corrected chi connectivity index (χ1v) is 6.32. The average molecular weight is 292 g/mol. The fourth-order valence-electron chi connectivity index (χ4n) is 1.81. The molecule has 0 saturated carbocycles. The Morgan fingerprint density at radius 1 is 1.29 bits per heavy atom. The topological polar surface area (TPSA) is 51.2 Å². The fraction of sp³-hybridized carbons (Fsp3) is 0.200. The van der Waals surface area contributed by atoms with E-state index in [2.05, 4.69) is 15.0 Å². The van der Waals surface area contributed by atoms with Crippen LogP contribution < -0.4 is 10.1 Å². The van der Waals surface area contributed by atoms with Gasteiger partial charge in [0.25, 0.3) is 5.91 Å². The molecule has 0 fully saturated rings. The smallest absolute Gasteiger partial charge is 0.387 e. The Kier molecular flexibility index (Phi) is 4.81. The van der Waals surface area contributed by atoms with Gasteiger partial charge in [-0.25, -0.2) is 0 Å². The van der Waals surface area contributed by atoms with Gasteiger partial charge in [0.05, 0.1) is 6.04 Å². The van der Waals surface area contributed by atoms with Crippen molar-refractivity contribution in [2.45, 2.75) is 19.6 Å². The molecule has 4 nitrogen and oxygen atoms in total. The quantitative estimate of drug-likeness (QED) is 0.921. The van der Waals surface area contributed by atoms with E-state index in [-0.39, 0.29) is 23.3 Å². The molecular weight excluding hydrogens is 278 g/mol. The SMILES string of the molecule is CC(NC(=O)c1cccc(OC(F)F)c1)c1cccnc1. The molecule has 2 rings (SSSR count). The van der Waals surface area contributed by atoms with Crippen molar-refractivity contribution in [1.82, 2.24) is 10.3 Å². The van der Waals surface area contributed by atoms with Gasteiger partial charge in [-0.2, -0.15) is 8.78 Å². The minimum atomic E-state index is -2.92. The van der Waals surface area contributed by atoms with Crippen LogP contribution in [-0.2, 0) is 0 Å². The van der Waals surface area contributed by atoms with Crippen LogP contribution in [0, 0.1) is 0 Å². The van der Waals surface area contributed by atoms with Gasteiger partial charge in [-0.15, -0.1) is 0 Å². The van der Waals surface area contributed by atoms with Gasteiger partial charge in [-0.05, 0) is 36.8 Å². The van der Waals surface area contributed by atoms with Crippen LogP contribution in [0.1, 0.15) is 28.9 Å². The minimum Gasteiger partial charge on any atom is -0.435 e. The third-order valence-electron chi connectivity index (χ3n) is 2.85. The number of nitrogens with zero attached hydrogens (tertiary/aromatic N) is 1. The van der Waals surface area contributed by atoms with Gasteiger partial charge in [0.15, 0.2) is 0 Å². The molecule has 0 aliphatic rings. The van der Waals surface area contributed by atoms with Crippen LogP contribution in [0.3, 0.4) is 0 Å². The lowest BCUT2D eigenvalue weighted by atomic mass is 10.1. The van der Waals surface area contributed by atoms with Crippen LogP contribution in [0.25, 0.3) is 0 Å². The minimum absolute atomic E-state index is 0.0494. The summed E-state index contributed by atoms with van der Waals surface area (Å²) in [6.45, 7) is -1.10. The number of nitrogens with one attached hydrogen (secondary N) is 1. The van der Waals surface area contributed by atoms with Gasteiger partial charge in [0, 0.05) is 18.0 Å². The molecule has 2 aromatic rings. The molecular formula is C15H14F2N2O2. The van der Waals surface area contributed by atoms with Gasteiger partial charge in [0.2, 0.25) is 0 Å². The Morgan fingerprint density at radius 3 is 2.76 bits per heavy atom. The fourth-order valence-corrected chi connectivity index (χ4v) is 1.81. The number of hydrogen-bond donors (Lipinski definition) is 1. The molecule has 0 aliphatic heterocycles. The Morgan fingerprint density at radius 2 is 2.10 bits per heavy atom. The van der Waals surface area contributed by atoms with Crippen molar-refractivity contribution in [3.05, 3.63) is 59.9 Å². The summed E-state index contributed by atoms with van der Waals surface area (Å²) in [5.41, 5.74) is 1.11. The highest BCUT2D eigenvalue weighted by Crippen LogP contribution is 2.17. The maximum Gasteiger partial charge on any atom is 0.387 e. The number of rotatable bonds is 5. The van der Waals surface area contributed by atoms with E-state index < -0.39 is 6.61 Å². The second-order valence-corrected chi connectivity index (χ2v) is 4.39. The van der Waals surface area contributed by atoms with E-state index in [1.165, 1.54) is 24.3 Å². The summed E-state index contributed by atoms with van der Waals surface area (Å²) < 4.78 is 28.6. The number of pyridine rings is 1. The highest BCUT2D eigenvalue weighted by Gasteiger charge is 2.13. The van der Waals surface area contributed by atoms with E-state index >= 15 is 0 Å². The summed E-state index contributed by atoms with van der Waals surface area (Å²) in [6, 6.07) is 9.03. The predicted octanol–water partition coefficient (Wildman–Crippen LogP) is 3.17. The first kappa shape index (κ1) is 14.9. The zero-order valence-corrected chi connectivity index (χ0v) is 11.3. The van der Waals surface area contributed by atoms with Crippen molar-refractivity contribution in [2.24, 2.45) is 0 Å². The standard InChI is InChI=1S/C15H14F2N2O2/c1-10(12-5-3-7-18-9-12)19-14(20)11-4-2-6-13(8-11)21-15(16)17/h2-10,15H,1H3,(H,19,20). The maximum absolute atomic E-state index is 12.2. The van der Waals surface area contributed by atoms with Crippen molar-refractivity contribution in [1.29, 1.82) is 0 Å². The van der Waals surface area contributed by atoms with Gasteiger partial charge < -0.3 is 10.1 Å². The van der Waals surface area contributed by atoms with Crippen molar-refractivity contribution in [3.8, 4) is 5.75 Å². The monoisotopic (exact) mass is 292 g/mol. The van der Waals surface area contributed by atoms with E-state index in [1.54, 1.807) is 18.5 Å². The van der Waals surface area contributed by atoms with Crippen molar-refractivity contribution >= 4 is 5.91 Å². The van der Waals surface area contributed by atoms with Crippen LogP contribution in [0.5, 0.6) is 5.75 Å². The number of ether oxygens (including phenoxy) is 1. The molecule has 110 valence electrons. The second-order valence-electron chi connectivity index (χ2n) is 4.39. The lowest BCUT2D eigenvalue weighted by molar-refractivity contribution is -0.0498. The molecule has 1 unspecified atom stereocenters. The summed E-state index contributed by atoms with van der Waals surface area (Å²) in [5.74, 6) is -0.419. The van der Waals surface area contributed by atoms with E-state index in [1.807, 2.05) is 13.0 Å². The molecule has 0 saturated heterocycles. The number of alkyl halides is 2. The van der Waals surface area contributed by atoms with Crippen molar-refractivity contribution in [3.63, 3.8) is 0 Å². The molecule has 0 radical (unpaired) electrons. The molecule has 21 heavy (non-hydrogen) atoms. The number of benzene rings is 1. The largest absolute Gasteiger partial charge is 0.435 e. The first-order valence-electron chi connectivity index (χ1n) is 6.32. The van der Waals surface area contributed by atoms with Crippen LogP contribution >= 0.6 is 0 Å². The van der Waals surface area contributed by atoms with Crippen molar-refractivity contribution in [2.75, 3.05) is 0 Å². The number of halogens is 2. The van der Waals surface area contributed by atoms with Gasteiger partial charge in [-0.1, -0.05) is 12.1 Å². The number of carbonyl (C=O) groups is 1. The average Bonchev–Trinajstić information content (AvgIpc) is 2.47. The molecule has 1 N–H and O–H groups in total. The molecule has 0 aliphatic carbocycles. The maximum atomic E-state index is 12.2. The number of carbonyl (C=O) groups excluding carboxylic acids is 1. The van der Waals surface area contributed by atoms with Crippen LogP contribution in [0.15, 0.2) is 48.8 Å². The predicted molar refractivity (Wildman–Crippen MR) is 73.2 cm³/mol. The molecule has 0 bridgehead atoms. The zero-order chi connectivity index (χ0) is 15.2. The van der Waals surface area contributed by atoms with Crippen molar-refractivity contribution < 1.29 is 18.3 Å². The molecule has 1 aromatic carbocycles.